The van der Waals surface area contributed by atoms with Crippen LogP contribution in [0.25, 0.3) is 10.9 Å². The van der Waals surface area contributed by atoms with E-state index in [4.69, 9.17) is 4.74 Å². The Morgan fingerprint density at radius 1 is 1.15 bits per heavy atom. The molecule has 0 amide bonds. The van der Waals surface area contributed by atoms with Crippen molar-refractivity contribution in [3.8, 4) is 5.75 Å². The first-order valence-electron chi connectivity index (χ1n) is 8.52. The van der Waals surface area contributed by atoms with Gasteiger partial charge in [-0.1, -0.05) is 18.2 Å². The Labute approximate surface area is 154 Å². The second-order valence-electron chi connectivity index (χ2n) is 6.13. The summed E-state index contributed by atoms with van der Waals surface area (Å²) in [5, 5.41) is 0.621. The predicted octanol–water partition coefficient (Wildman–Crippen LogP) is 3.98. The Kier molecular flexibility index (Phi) is 5.25. The molecule has 3 rings (SSSR count). The first-order chi connectivity index (χ1) is 12.4. The van der Waals surface area contributed by atoms with Crippen molar-refractivity contribution >= 4 is 20.9 Å². The second kappa shape index (κ2) is 7.43. The highest BCUT2D eigenvalue weighted by atomic mass is 32.2. The van der Waals surface area contributed by atoms with Gasteiger partial charge in [0.1, 0.15) is 5.75 Å². The van der Waals surface area contributed by atoms with E-state index in [0.29, 0.717) is 17.5 Å². The number of aryl methyl sites for hydroxylation is 1. The number of benzene rings is 2. The first kappa shape index (κ1) is 18.4. The molecular weight excluding hydrogens is 348 g/mol. The molecule has 2 aromatic carbocycles. The normalized spacial score (nSPS) is 12.9. The van der Waals surface area contributed by atoms with Crippen molar-refractivity contribution in [2.24, 2.45) is 0 Å². The van der Waals surface area contributed by atoms with Crippen molar-refractivity contribution in [3.05, 3.63) is 65.9 Å². The van der Waals surface area contributed by atoms with Crippen molar-refractivity contribution in [3.63, 3.8) is 0 Å². The van der Waals surface area contributed by atoms with E-state index < -0.39 is 16.1 Å². The topological polar surface area (TPSA) is 68.3 Å². The third-order valence-corrected chi connectivity index (χ3v) is 5.82. The van der Waals surface area contributed by atoms with E-state index in [0.717, 1.165) is 16.9 Å². The molecule has 1 aromatic heterocycles. The highest BCUT2D eigenvalue weighted by Gasteiger charge is 2.21. The number of ether oxygens (including phenoxy) is 1. The first-order valence-corrected chi connectivity index (χ1v) is 10.00. The van der Waals surface area contributed by atoms with Gasteiger partial charge in [-0.25, -0.2) is 13.1 Å². The zero-order chi connectivity index (χ0) is 18.7. The number of aromatic nitrogens is 1. The minimum atomic E-state index is -3.71. The van der Waals surface area contributed by atoms with Gasteiger partial charge in [0.05, 0.1) is 17.0 Å². The standard InChI is InChI=1S/C20H22N2O3S/c1-4-25-17-8-5-7-16(13-17)15(3)22-26(23,24)19-11-10-14(2)20-18(19)9-6-12-21-20/h5-13,15,22H,4H2,1-3H3. The molecule has 1 atom stereocenters. The summed E-state index contributed by atoms with van der Waals surface area (Å²) in [5.41, 5.74) is 2.48. The quantitative estimate of drug-likeness (QED) is 0.713. The molecule has 0 saturated heterocycles. The van der Waals surface area contributed by atoms with Crippen LogP contribution in [0.5, 0.6) is 5.75 Å². The predicted molar refractivity (Wildman–Crippen MR) is 103 cm³/mol. The van der Waals surface area contributed by atoms with Gasteiger partial charge in [-0.2, -0.15) is 0 Å². The Hall–Kier alpha value is -2.44. The van der Waals surface area contributed by atoms with Crippen LogP contribution in [0.4, 0.5) is 0 Å². The third kappa shape index (κ3) is 3.71. The van der Waals surface area contributed by atoms with Crippen LogP contribution in [0, 0.1) is 6.92 Å². The van der Waals surface area contributed by atoms with Gasteiger partial charge >= 0.3 is 0 Å². The molecule has 0 spiro atoms. The van der Waals surface area contributed by atoms with Crippen LogP contribution in [0.15, 0.2) is 59.6 Å². The number of fused-ring (bicyclic) bond motifs is 1. The Morgan fingerprint density at radius 3 is 2.73 bits per heavy atom. The Balaban J connectivity index is 1.95. The van der Waals surface area contributed by atoms with Gasteiger partial charge in [0.2, 0.25) is 10.0 Å². The van der Waals surface area contributed by atoms with E-state index in [1.165, 1.54) is 0 Å². The molecule has 5 nitrogen and oxygen atoms in total. The molecule has 0 fully saturated rings. The molecule has 136 valence electrons. The van der Waals surface area contributed by atoms with Gasteiger partial charge in [-0.3, -0.25) is 4.98 Å². The van der Waals surface area contributed by atoms with Crippen LogP contribution in [0.1, 0.15) is 31.0 Å². The SMILES string of the molecule is CCOc1cccc(C(C)NS(=O)(=O)c2ccc(C)c3ncccc23)c1. The highest BCUT2D eigenvalue weighted by Crippen LogP contribution is 2.26. The molecule has 0 radical (unpaired) electrons. The summed E-state index contributed by atoms with van der Waals surface area (Å²) in [6.07, 6.45) is 1.67. The van der Waals surface area contributed by atoms with Crippen molar-refractivity contribution in [2.75, 3.05) is 6.61 Å². The minimum absolute atomic E-state index is 0.235. The summed E-state index contributed by atoms with van der Waals surface area (Å²) in [6.45, 7) is 6.21. The minimum Gasteiger partial charge on any atom is -0.494 e. The van der Waals surface area contributed by atoms with E-state index >= 15 is 0 Å². The monoisotopic (exact) mass is 370 g/mol. The lowest BCUT2D eigenvalue weighted by atomic mass is 10.1. The zero-order valence-corrected chi connectivity index (χ0v) is 15.9. The van der Waals surface area contributed by atoms with E-state index in [1.54, 1.807) is 30.5 Å². The van der Waals surface area contributed by atoms with Gasteiger partial charge in [-0.15, -0.1) is 0 Å². The molecular formula is C20H22N2O3S. The van der Waals surface area contributed by atoms with Crippen molar-refractivity contribution in [2.45, 2.75) is 31.7 Å². The molecule has 1 N–H and O–H groups in total. The molecule has 3 aromatic rings. The van der Waals surface area contributed by atoms with Crippen LogP contribution in [0.3, 0.4) is 0 Å². The molecule has 26 heavy (non-hydrogen) atoms. The van der Waals surface area contributed by atoms with E-state index in [9.17, 15) is 8.42 Å². The number of nitrogens with zero attached hydrogens (tertiary/aromatic N) is 1. The maximum absolute atomic E-state index is 13.0. The van der Waals surface area contributed by atoms with Crippen LogP contribution < -0.4 is 9.46 Å². The maximum Gasteiger partial charge on any atom is 0.241 e. The number of hydrogen-bond donors (Lipinski definition) is 1. The van der Waals surface area contributed by atoms with Gasteiger partial charge in [0.15, 0.2) is 0 Å². The molecule has 6 heteroatoms. The number of hydrogen-bond acceptors (Lipinski definition) is 4. The van der Waals surface area contributed by atoms with E-state index in [2.05, 4.69) is 9.71 Å². The Bertz CT molecular complexity index is 1030. The van der Waals surface area contributed by atoms with Gasteiger partial charge in [0, 0.05) is 17.6 Å². The van der Waals surface area contributed by atoms with Crippen molar-refractivity contribution in [1.29, 1.82) is 0 Å². The number of pyridine rings is 1. The number of rotatable bonds is 6. The fraction of sp³-hybridized carbons (Fsp3) is 0.250. The molecule has 0 aliphatic carbocycles. The molecule has 1 heterocycles. The Morgan fingerprint density at radius 2 is 1.96 bits per heavy atom. The molecule has 0 saturated carbocycles. The lowest BCUT2D eigenvalue weighted by molar-refractivity contribution is 0.339. The number of nitrogens with one attached hydrogen (secondary N) is 1. The summed E-state index contributed by atoms with van der Waals surface area (Å²) >= 11 is 0. The number of sulfonamides is 1. The summed E-state index contributed by atoms with van der Waals surface area (Å²) in [7, 11) is -3.71. The zero-order valence-electron chi connectivity index (χ0n) is 15.1. The molecule has 1 unspecified atom stereocenters. The summed E-state index contributed by atoms with van der Waals surface area (Å²) in [4.78, 5) is 4.55. The van der Waals surface area contributed by atoms with Crippen LogP contribution in [-0.4, -0.2) is 20.0 Å². The third-order valence-electron chi connectivity index (χ3n) is 4.22. The second-order valence-corrected chi connectivity index (χ2v) is 7.81. The van der Waals surface area contributed by atoms with Gasteiger partial charge in [-0.05, 0) is 62.2 Å². The fourth-order valence-corrected chi connectivity index (χ4v) is 4.36. The smallest absolute Gasteiger partial charge is 0.241 e. The summed E-state index contributed by atoms with van der Waals surface area (Å²) < 4.78 is 34.2. The molecule has 0 bridgehead atoms. The lowest BCUT2D eigenvalue weighted by Gasteiger charge is -2.17. The molecule has 0 aliphatic heterocycles. The summed E-state index contributed by atoms with van der Waals surface area (Å²) in [6, 6.07) is 14.0. The van der Waals surface area contributed by atoms with E-state index in [-0.39, 0.29) is 4.90 Å². The van der Waals surface area contributed by atoms with Crippen molar-refractivity contribution in [1.82, 2.24) is 9.71 Å². The average molecular weight is 370 g/mol. The highest BCUT2D eigenvalue weighted by molar-refractivity contribution is 7.89. The van der Waals surface area contributed by atoms with Crippen molar-refractivity contribution < 1.29 is 13.2 Å². The van der Waals surface area contributed by atoms with Crippen LogP contribution in [0.2, 0.25) is 0 Å². The van der Waals surface area contributed by atoms with Crippen LogP contribution in [-0.2, 0) is 10.0 Å². The average Bonchev–Trinajstić information content (AvgIpc) is 2.62. The van der Waals surface area contributed by atoms with Crippen LogP contribution >= 0.6 is 0 Å². The maximum atomic E-state index is 13.0. The molecule has 0 aliphatic rings. The largest absolute Gasteiger partial charge is 0.494 e. The van der Waals surface area contributed by atoms with Gasteiger partial charge < -0.3 is 4.74 Å². The lowest BCUT2D eigenvalue weighted by Crippen LogP contribution is -2.27. The fourth-order valence-electron chi connectivity index (χ4n) is 2.93. The van der Waals surface area contributed by atoms with E-state index in [1.807, 2.05) is 45.0 Å². The van der Waals surface area contributed by atoms with Gasteiger partial charge in [0.25, 0.3) is 0 Å². The summed E-state index contributed by atoms with van der Waals surface area (Å²) in [5.74, 6) is 0.723.